The van der Waals surface area contributed by atoms with Crippen molar-refractivity contribution in [2.24, 2.45) is 14.1 Å². The van der Waals surface area contributed by atoms with Crippen molar-refractivity contribution >= 4 is 22.8 Å². The van der Waals surface area contributed by atoms with Gasteiger partial charge in [0.2, 0.25) is 5.28 Å². The van der Waals surface area contributed by atoms with Gasteiger partial charge < -0.3 is 4.57 Å². The lowest BCUT2D eigenvalue weighted by molar-refractivity contribution is 0.703. The number of halogens is 1. The van der Waals surface area contributed by atoms with Crippen molar-refractivity contribution in [3.05, 3.63) is 37.8 Å². The van der Waals surface area contributed by atoms with Crippen molar-refractivity contribution < 1.29 is 0 Å². The smallest absolute Gasteiger partial charge is 0.305 e. The molecule has 0 atom stereocenters. The molecule has 0 bridgehead atoms. The Morgan fingerprint density at radius 1 is 1.26 bits per heavy atom. The molecule has 0 spiro atoms. The van der Waals surface area contributed by atoms with Crippen LogP contribution in [0.2, 0.25) is 5.28 Å². The second kappa shape index (κ2) is 4.70. The van der Waals surface area contributed by atoms with E-state index < -0.39 is 5.69 Å². The van der Waals surface area contributed by atoms with Crippen LogP contribution in [-0.2, 0) is 20.6 Å². The van der Waals surface area contributed by atoms with Crippen molar-refractivity contribution in [3.63, 3.8) is 0 Å². The van der Waals surface area contributed by atoms with E-state index in [2.05, 4.69) is 4.98 Å². The van der Waals surface area contributed by atoms with Crippen LogP contribution in [0.4, 0.5) is 0 Å². The third-order valence-electron chi connectivity index (χ3n) is 2.98. The quantitative estimate of drug-likeness (QED) is 0.611. The van der Waals surface area contributed by atoms with Gasteiger partial charge in [0.15, 0.2) is 11.2 Å². The van der Waals surface area contributed by atoms with Crippen molar-refractivity contribution in [3.8, 4) is 0 Å². The molecule has 0 N–H and O–H groups in total. The first-order chi connectivity index (χ1) is 8.84. The highest BCUT2D eigenvalue weighted by Crippen LogP contribution is 2.15. The van der Waals surface area contributed by atoms with E-state index >= 15 is 0 Å². The molecule has 0 aliphatic rings. The number of allylic oxidation sites excluding steroid dienone is 2. The fourth-order valence-electron chi connectivity index (χ4n) is 1.86. The van der Waals surface area contributed by atoms with Crippen LogP contribution in [0.15, 0.2) is 21.2 Å². The lowest BCUT2D eigenvalue weighted by Crippen LogP contribution is -2.37. The van der Waals surface area contributed by atoms with Crippen LogP contribution < -0.4 is 11.2 Å². The van der Waals surface area contributed by atoms with E-state index in [4.69, 9.17) is 11.6 Å². The average Bonchev–Trinajstić information content (AvgIpc) is 2.68. The fourth-order valence-corrected chi connectivity index (χ4v) is 2.09. The van der Waals surface area contributed by atoms with Gasteiger partial charge in [0, 0.05) is 20.6 Å². The summed E-state index contributed by atoms with van der Waals surface area (Å²) in [6, 6.07) is 0. The molecular weight excluding hydrogens is 268 g/mol. The molecule has 0 saturated carbocycles. The highest BCUT2D eigenvalue weighted by Gasteiger charge is 2.17. The molecule has 19 heavy (non-hydrogen) atoms. The molecular formula is C12H15ClN4O2. The minimum absolute atomic E-state index is 0.200. The second-order valence-corrected chi connectivity index (χ2v) is 4.99. The van der Waals surface area contributed by atoms with Gasteiger partial charge in [-0.05, 0) is 25.4 Å². The van der Waals surface area contributed by atoms with Crippen LogP contribution in [0.1, 0.15) is 13.8 Å². The molecule has 2 rings (SSSR count). The van der Waals surface area contributed by atoms with Gasteiger partial charge in [0.1, 0.15) is 0 Å². The first kappa shape index (κ1) is 13.6. The van der Waals surface area contributed by atoms with Crippen LogP contribution in [-0.4, -0.2) is 18.7 Å². The highest BCUT2D eigenvalue weighted by molar-refractivity contribution is 6.29. The van der Waals surface area contributed by atoms with Gasteiger partial charge in [0.05, 0.1) is 0 Å². The molecule has 0 fully saturated rings. The first-order valence-corrected chi connectivity index (χ1v) is 6.17. The van der Waals surface area contributed by atoms with E-state index in [0.717, 1.165) is 10.1 Å². The molecule has 2 heterocycles. The average molecular weight is 283 g/mol. The number of nitrogens with zero attached hydrogens (tertiary/aromatic N) is 4. The van der Waals surface area contributed by atoms with Gasteiger partial charge in [-0.3, -0.25) is 13.9 Å². The number of hydrogen-bond acceptors (Lipinski definition) is 3. The Morgan fingerprint density at radius 2 is 1.89 bits per heavy atom. The van der Waals surface area contributed by atoms with Crippen LogP contribution in [0.25, 0.3) is 11.2 Å². The number of hydrogen-bond donors (Lipinski definition) is 0. The summed E-state index contributed by atoms with van der Waals surface area (Å²) >= 11 is 6.06. The number of rotatable bonds is 2. The Kier molecular flexibility index (Phi) is 3.36. The SMILES string of the molecule is CC(C)=CCn1c(Cl)nc2c1c(=O)n(C)c(=O)n2C. The molecule has 7 heteroatoms. The summed E-state index contributed by atoms with van der Waals surface area (Å²) < 4.78 is 3.98. The largest absolute Gasteiger partial charge is 0.332 e. The summed E-state index contributed by atoms with van der Waals surface area (Å²) in [5, 5.41) is 0.200. The van der Waals surface area contributed by atoms with Gasteiger partial charge in [-0.15, -0.1) is 0 Å². The van der Waals surface area contributed by atoms with Crippen LogP contribution >= 0.6 is 11.6 Å². The molecule has 2 aromatic rings. The standard InChI is InChI=1S/C12H15ClN4O2/c1-7(2)5-6-17-8-9(14-11(17)13)15(3)12(19)16(4)10(8)18/h5H,6H2,1-4H3. The summed E-state index contributed by atoms with van der Waals surface area (Å²) in [6.07, 6.45) is 1.94. The van der Waals surface area contributed by atoms with E-state index in [9.17, 15) is 9.59 Å². The van der Waals surface area contributed by atoms with Gasteiger partial charge >= 0.3 is 5.69 Å². The zero-order valence-corrected chi connectivity index (χ0v) is 12.0. The second-order valence-electron chi connectivity index (χ2n) is 4.65. The topological polar surface area (TPSA) is 61.8 Å². The molecule has 0 amide bonds. The van der Waals surface area contributed by atoms with Gasteiger partial charge in [-0.1, -0.05) is 11.6 Å². The number of aryl methyl sites for hydroxylation is 1. The molecule has 0 aromatic carbocycles. The zero-order valence-electron chi connectivity index (χ0n) is 11.3. The van der Waals surface area contributed by atoms with Crippen LogP contribution in [0.3, 0.4) is 0 Å². The Bertz CT molecular complexity index is 791. The third-order valence-corrected chi connectivity index (χ3v) is 3.27. The molecule has 6 nitrogen and oxygen atoms in total. The van der Waals surface area contributed by atoms with Crippen molar-refractivity contribution in [2.45, 2.75) is 20.4 Å². The van der Waals surface area contributed by atoms with Crippen LogP contribution in [0.5, 0.6) is 0 Å². The van der Waals surface area contributed by atoms with E-state index in [1.165, 1.54) is 11.6 Å². The summed E-state index contributed by atoms with van der Waals surface area (Å²) in [5.41, 5.74) is 0.951. The maximum absolute atomic E-state index is 12.2. The maximum Gasteiger partial charge on any atom is 0.332 e. The van der Waals surface area contributed by atoms with Crippen molar-refractivity contribution in [1.82, 2.24) is 18.7 Å². The number of fused-ring (bicyclic) bond motifs is 1. The molecule has 0 aliphatic carbocycles. The molecule has 2 aromatic heterocycles. The molecule has 102 valence electrons. The fraction of sp³-hybridized carbons (Fsp3) is 0.417. The van der Waals surface area contributed by atoms with Crippen molar-refractivity contribution in [2.75, 3.05) is 0 Å². The maximum atomic E-state index is 12.2. The summed E-state index contributed by atoms with van der Waals surface area (Å²) in [7, 11) is 3.01. The number of aromatic nitrogens is 4. The van der Waals surface area contributed by atoms with Gasteiger partial charge in [0.25, 0.3) is 5.56 Å². The normalized spacial score (nSPS) is 11.0. The Morgan fingerprint density at radius 3 is 2.47 bits per heavy atom. The Balaban J connectivity index is 2.87. The lowest BCUT2D eigenvalue weighted by Gasteiger charge is -2.05. The molecule has 0 saturated heterocycles. The molecule has 0 radical (unpaired) electrons. The Hall–Kier alpha value is -1.82. The number of imidazole rings is 1. The van der Waals surface area contributed by atoms with Crippen molar-refractivity contribution in [1.29, 1.82) is 0 Å². The van der Waals surface area contributed by atoms with E-state index in [0.29, 0.717) is 17.7 Å². The van der Waals surface area contributed by atoms with E-state index in [1.54, 1.807) is 11.6 Å². The summed E-state index contributed by atoms with van der Waals surface area (Å²) in [5.74, 6) is 0. The minimum atomic E-state index is -0.416. The van der Waals surface area contributed by atoms with E-state index in [-0.39, 0.29) is 10.8 Å². The zero-order chi connectivity index (χ0) is 14.3. The summed E-state index contributed by atoms with van der Waals surface area (Å²) in [4.78, 5) is 28.1. The molecule has 0 aliphatic heterocycles. The third kappa shape index (κ3) is 2.12. The van der Waals surface area contributed by atoms with Gasteiger partial charge in [-0.2, -0.15) is 4.98 Å². The van der Waals surface area contributed by atoms with Gasteiger partial charge in [-0.25, -0.2) is 4.79 Å². The van der Waals surface area contributed by atoms with E-state index in [1.807, 2.05) is 19.9 Å². The predicted molar refractivity (Wildman–Crippen MR) is 74.7 cm³/mol. The summed E-state index contributed by atoms with van der Waals surface area (Å²) in [6.45, 7) is 4.37. The minimum Gasteiger partial charge on any atom is -0.305 e. The first-order valence-electron chi connectivity index (χ1n) is 5.79. The monoisotopic (exact) mass is 282 g/mol. The Labute approximate surface area is 114 Å². The predicted octanol–water partition coefficient (Wildman–Crippen LogP) is 1.05. The van der Waals surface area contributed by atoms with Crippen LogP contribution in [0, 0.1) is 0 Å². The lowest BCUT2D eigenvalue weighted by atomic mass is 10.3. The highest BCUT2D eigenvalue weighted by atomic mass is 35.5. The molecule has 0 unspecified atom stereocenters.